The molecule has 0 aliphatic carbocycles. The van der Waals surface area contributed by atoms with Gasteiger partial charge in [-0.15, -0.1) is 6.58 Å². The lowest BCUT2D eigenvalue weighted by Crippen LogP contribution is -2.60. The fourth-order valence-corrected chi connectivity index (χ4v) is 5.85. The van der Waals surface area contributed by atoms with Crippen molar-refractivity contribution in [2.75, 3.05) is 25.5 Å². The first kappa shape index (κ1) is 15.7. The summed E-state index contributed by atoms with van der Waals surface area (Å²) in [7, 11) is 1.74. The van der Waals surface area contributed by atoms with Crippen LogP contribution in [0.5, 0.6) is 5.75 Å². The highest BCUT2D eigenvalue weighted by Gasteiger charge is 2.56. The number of nitrogens with zero attached hydrogens (tertiary/aromatic N) is 1. The molecule has 4 heteroatoms. The first-order chi connectivity index (χ1) is 12.1. The van der Waals surface area contributed by atoms with Crippen LogP contribution in [-0.4, -0.2) is 43.5 Å². The van der Waals surface area contributed by atoms with E-state index >= 15 is 0 Å². The summed E-state index contributed by atoms with van der Waals surface area (Å²) in [4.78, 5) is 2.67. The van der Waals surface area contributed by atoms with E-state index < -0.39 is 0 Å². The van der Waals surface area contributed by atoms with E-state index in [1.165, 1.54) is 30.6 Å². The van der Waals surface area contributed by atoms with Crippen LogP contribution in [0.2, 0.25) is 0 Å². The zero-order chi connectivity index (χ0) is 17.2. The average molecular weight is 340 g/mol. The predicted octanol–water partition coefficient (Wildman–Crippen LogP) is 3.39. The number of anilines is 1. The van der Waals surface area contributed by atoms with E-state index in [0.29, 0.717) is 12.0 Å². The smallest absolute Gasteiger partial charge is 0.129 e. The van der Waals surface area contributed by atoms with Gasteiger partial charge in [-0.2, -0.15) is 0 Å². The lowest BCUT2D eigenvalue weighted by Gasteiger charge is -2.52. The van der Waals surface area contributed by atoms with Gasteiger partial charge >= 0.3 is 0 Å². The van der Waals surface area contributed by atoms with Crippen molar-refractivity contribution in [3.05, 3.63) is 36.4 Å². The number of methoxy groups -OCH3 is 1. The van der Waals surface area contributed by atoms with Gasteiger partial charge in [-0.1, -0.05) is 13.0 Å². The Kier molecular flexibility index (Phi) is 3.45. The van der Waals surface area contributed by atoms with Gasteiger partial charge in [0.25, 0.3) is 0 Å². The third-order valence-corrected chi connectivity index (χ3v) is 7.21. The lowest BCUT2D eigenvalue weighted by atomic mass is 9.66. The summed E-state index contributed by atoms with van der Waals surface area (Å²) in [5, 5.41) is 3.59. The first-order valence-corrected chi connectivity index (χ1v) is 9.59. The first-order valence-electron chi connectivity index (χ1n) is 9.59. The minimum atomic E-state index is 0.0472. The molecule has 1 N–H and O–H groups in total. The molecule has 0 aromatic heterocycles. The van der Waals surface area contributed by atoms with Crippen LogP contribution in [-0.2, 0) is 10.2 Å². The molecule has 0 amide bonds. The van der Waals surface area contributed by atoms with Crippen LogP contribution >= 0.6 is 0 Å². The molecule has 5 heterocycles. The van der Waals surface area contributed by atoms with E-state index in [4.69, 9.17) is 9.47 Å². The van der Waals surface area contributed by atoms with Gasteiger partial charge in [0.2, 0.25) is 0 Å². The van der Waals surface area contributed by atoms with E-state index in [9.17, 15) is 0 Å². The second-order valence-corrected chi connectivity index (χ2v) is 8.47. The molecule has 6 rings (SSSR count). The molecular formula is C21H28N2O2. The summed E-state index contributed by atoms with van der Waals surface area (Å²) >= 11 is 0. The van der Waals surface area contributed by atoms with E-state index in [1.807, 2.05) is 6.07 Å². The maximum Gasteiger partial charge on any atom is 0.129 e. The number of fused-ring (bicyclic) bond motifs is 7. The quantitative estimate of drug-likeness (QED) is 0.855. The Hall–Kier alpha value is -1.52. The standard InChI is InChI=1S/C21H28N2O2/c1-4-13-12-23-8-7-14(13)9-18(23)20-21(2)11-19(25-20)22-17-6-5-15(24-3)10-16(17)21/h4-6,10,13-14,18-20,22H,1,7-9,11-12H2,2-3H3/t13-,14-,18+,19-,20-,21+/m0/s1. The Morgan fingerprint density at radius 1 is 1.44 bits per heavy atom. The third kappa shape index (κ3) is 2.20. The molecule has 0 spiro atoms. The molecule has 4 nitrogen and oxygen atoms in total. The van der Waals surface area contributed by atoms with Gasteiger partial charge in [-0.3, -0.25) is 4.90 Å². The largest absolute Gasteiger partial charge is 0.497 e. The minimum Gasteiger partial charge on any atom is -0.497 e. The Morgan fingerprint density at radius 2 is 2.32 bits per heavy atom. The molecule has 4 bridgehead atoms. The predicted molar refractivity (Wildman–Crippen MR) is 99.0 cm³/mol. The van der Waals surface area contributed by atoms with Crippen molar-refractivity contribution < 1.29 is 9.47 Å². The third-order valence-electron chi connectivity index (χ3n) is 7.21. The lowest BCUT2D eigenvalue weighted by molar-refractivity contribution is -0.0766. The minimum absolute atomic E-state index is 0.0472. The van der Waals surface area contributed by atoms with E-state index in [0.717, 1.165) is 24.6 Å². The van der Waals surface area contributed by atoms with Crippen molar-refractivity contribution in [1.82, 2.24) is 4.90 Å². The van der Waals surface area contributed by atoms with Crippen molar-refractivity contribution in [2.45, 2.75) is 50.0 Å². The summed E-state index contributed by atoms with van der Waals surface area (Å²) < 4.78 is 12.1. The maximum atomic E-state index is 6.59. The summed E-state index contributed by atoms with van der Waals surface area (Å²) in [5.74, 6) is 2.37. The van der Waals surface area contributed by atoms with Gasteiger partial charge in [0.1, 0.15) is 12.0 Å². The number of rotatable bonds is 3. The number of ether oxygens (including phenoxy) is 2. The van der Waals surface area contributed by atoms with Crippen molar-refractivity contribution in [3.63, 3.8) is 0 Å². The fraction of sp³-hybridized carbons (Fsp3) is 0.619. The molecule has 1 aromatic rings. The van der Waals surface area contributed by atoms with Crippen LogP contribution in [0, 0.1) is 11.8 Å². The highest BCUT2D eigenvalue weighted by molar-refractivity contribution is 5.61. The van der Waals surface area contributed by atoms with Gasteiger partial charge in [0, 0.05) is 30.1 Å². The van der Waals surface area contributed by atoms with Crippen LogP contribution in [0.15, 0.2) is 30.9 Å². The van der Waals surface area contributed by atoms with E-state index in [2.05, 4.69) is 41.9 Å². The van der Waals surface area contributed by atoms with Gasteiger partial charge < -0.3 is 14.8 Å². The molecule has 1 aromatic carbocycles. The average Bonchev–Trinajstić information content (AvgIpc) is 2.93. The van der Waals surface area contributed by atoms with E-state index in [1.54, 1.807) is 7.11 Å². The molecule has 5 aliphatic rings. The Bertz CT molecular complexity index is 705. The summed E-state index contributed by atoms with van der Waals surface area (Å²) in [5.41, 5.74) is 2.61. The van der Waals surface area contributed by atoms with Crippen LogP contribution in [0.3, 0.4) is 0 Å². The monoisotopic (exact) mass is 340 g/mol. The number of benzene rings is 1. The van der Waals surface area contributed by atoms with Crippen molar-refractivity contribution in [2.24, 2.45) is 11.8 Å². The highest BCUT2D eigenvalue weighted by Crippen LogP contribution is 2.53. The second-order valence-electron chi connectivity index (χ2n) is 8.47. The summed E-state index contributed by atoms with van der Waals surface area (Å²) in [6, 6.07) is 6.91. The Balaban J connectivity index is 1.50. The fourth-order valence-electron chi connectivity index (χ4n) is 5.85. The zero-order valence-electron chi connectivity index (χ0n) is 15.2. The zero-order valence-corrected chi connectivity index (χ0v) is 15.2. The summed E-state index contributed by atoms with van der Waals surface area (Å²) in [6.07, 6.45) is 6.13. The molecule has 25 heavy (non-hydrogen) atoms. The van der Waals surface area contributed by atoms with Crippen LogP contribution in [0.1, 0.15) is 31.7 Å². The van der Waals surface area contributed by atoms with Crippen LogP contribution in [0.25, 0.3) is 0 Å². The Labute approximate surface area is 150 Å². The maximum absolute atomic E-state index is 6.59. The number of nitrogens with one attached hydrogen (secondary N) is 1. The van der Waals surface area contributed by atoms with Gasteiger partial charge in [0.15, 0.2) is 0 Å². The highest BCUT2D eigenvalue weighted by atomic mass is 16.5. The van der Waals surface area contributed by atoms with Crippen molar-refractivity contribution >= 4 is 5.69 Å². The van der Waals surface area contributed by atoms with Gasteiger partial charge in [-0.05, 0) is 55.0 Å². The molecule has 0 radical (unpaired) electrons. The Morgan fingerprint density at radius 3 is 3.04 bits per heavy atom. The van der Waals surface area contributed by atoms with Crippen LogP contribution < -0.4 is 10.1 Å². The molecule has 0 saturated carbocycles. The second kappa shape index (κ2) is 5.49. The topological polar surface area (TPSA) is 33.7 Å². The van der Waals surface area contributed by atoms with Crippen molar-refractivity contribution in [1.29, 1.82) is 0 Å². The number of piperidine rings is 3. The molecule has 4 fully saturated rings. The molecule has 5 aliphatic heterocycles. The molecular weight excluding hydrogens is 312 g/mol. The molecule has 1 unspecified atom stereocenters. The van der Waals surface area contributed by atoms with Crippen LogP contribution in [0.4, 0.5) is 5.69 Å². The van der Waals surface area contributed by atoms with Gasteiger partial charge in [-0.25, -0.2) is 0 Å². The van der Waals surface area contributed by atoms with E-state index in [-0.39, 0.29) is 17.7 Å². The summed E-state index contributed by atoms with van der Waals surface area (Å²) in [6.45, 7) is 8.81. The number of hydrogen-bond acceptors (Lipinski definition) is 4. The van der Waals surface area contributed by atoms with Gasteiger partial charge in [0.05, 0.1) is 13.2 Å². The van der Waals surface area contributed by atoms with Crippen molar-refractivity contribution in [3.8, 4) is 5.75 Å². The normalized spacial score (nSPS) is 44.1. The molecule has 7 atom stereocenters. The molecule has 4 saturated heterocycles. The SMILES string of the molecule is C=C[C@H]1CN2CC[C@H]1C[C@@H]2[C@@H]1O[C@H]2C[C@]1(C)c1cc(OC)ccc1N2. The number of hydrogen-bond donors (Lipinski definition) is 1. The molecule has 134 valence electrons.